The van der Waals surface area contributed by atoms with Crippen LogP contribution in [0.15, 0.2) is 29.2 Å². The number of nitrogens with one attached hydrogen (secondary N) is 1. The average molecular weight is 253 g/mol. The Labute approximate surface area is 109 Å². The summed E-state index contributed by atoms with van der Waals surface area (Å²) in [5, 5.41) is 3.43. The van der Waals surface area contributed by atoms with Gasteiger partial charge in [-0.2, -0.15) is 0 Å². The van der Waals surface area contributed by atoms with Crippen LogP contribution in [0, 0.1) is 6.92 Å². The lowest BCUT2D eigenvalue weighted by Gasteiger charge is -2.05. The van der Waals surface area contributed by atoms with E-state index in [-0.39, 0.29) is 0 Å². The number of rotatable bonds is 9. The molecule has 1 aromatic carbocycles. The maximum Gasteiger partial charge on any atom is 0.0477 e. The van der Waals surface area contributed by atoms with Crippen molar-refractivity contribution in [1.29, 1.82) is 0 Å². The second-order valence-electron chi connectivity index (χ2n) is 3.96. The number of thioether (sulfide) groups is 1. The van der Waals surface area contributed by atoms with Gasteiger partial charge in [-0.25, -0.2) is 0 Å². The Morgan fingerprint density at radius 3 is 2.65 bits per heavy atom. The Kier molecular flexibility index (Phi) is 8.14. The summed E-state index contributed by atoms with van der Waals surface area (Å²) in [5.74, 6) is 1.12. The van der Waals surface area contributed by atoms with Crippen LogP contribution < -0.4 is 5.32 Å². The Morgan fingerprint density at radius 2 is 1.94 bits per heavy atom. The highest BCUT2D eigenvalue weighted by atomic mass is 32.2. The molecule has 0 aliphatic rings. The van der Waals surface area contributed by atoms with Crippen LogP contribution in [0.2, 0.25) is 0 Å². The molecule has 3 heteroatoms. The van der Waals surface area contributed by atoms with Gasteiger partial charge in [-0.15, -0.1) is 11.8 Å². The summed E-state index contributed by atoms with van der Waals surface area (Å²) >= 11 is 1.90. The summed E-state index contributed by atoms with van der Waals surface area (Å²) in [6.07, 6.45) is 1.10. The molecule has 0 atom stereocenters. The van der Waals surface area contributed by atoms with Crippen molar-refractivity contribution >= 4 is 11.8 Å². The molecule has 0 bridgehead atoms. The first-order valence-corrected chi connectivity index (χ1v) is 7.29. The second kappa shape index (κ2) is 9.51. The van der Waals surface area contributed by atoms with E-state index in [0.717, 1.165) is 38.5 Å². The molecule has 0 heterocycles. The molecule has 0 radical (unpaired) electrons. The predicted octanol–water partition coefficient (Wildman–Crippen LogP) is 3.10. The zero-order valence-corrected chi connectivity index (χ0v) is 11.7. The fraction of sp³-hybridized carbons (Fsp3) is 0.571. The maximum atomic E-state index is 5.28. The quantitative estimate of drug-likeness (QED) is 0.540. The molecule has 0 aliphatic carbocycles. The van der Waals surface area contributed by atoms with Gasteiger partial charge in [-0.1, -0.05) is 17.7 Å². The number of benzene rings is 1. The summed E-state index contributed by atoms with van der Waals surface area (Å²) in [4.78, 5) is 1.35. The van der Waals surface area contributed by atoms with Crippen LogP contribution in [0.25, 0.3) is 0 Å². The van der Waals surface area contributed by atoms with Crippen LogP contribution in [0.3, 0.4) is 0 Å². The molecule has 1 N–H and O–H groups in total. The van der Waals surface area contributed by atoms with Gasteiger partial charge in [0.1, 0.15) is 0 Å². The lowest BCUT2D eigenvalue weighted by molar-refractivity contribution is 0.145. The highest BCUT2D eigenvalue weighted by Crippen LogP contribution is 2.17. The topological polar surface area (TPSA) is 21.3 Å². The van der Waals surface area contributed by atoms with Crippen molar-refractivity contribution in [3.8, 4) is 0 Å². The number of ether oxygens (including phenoxy) is 1. The first kappa shape index (κ1) is 14.6. The highest BCUT2D eigenvalue weighted by Gasteiger charge is 1.93. The van der Waals surface area contributed by atoms with Crippen LogP contribution in [-0.2, 0) is 4.74 Å². The van der Waals surface area contributed by atoms with E-state index in [1.165, 1.54) is 10.5 Å². The van der Waals surface area contributed by atoms with Gasteiger partial charge < -0.3 is 10.1 Å². The fourth-order valence-corrected chi connectivity index (χ4v) is 2.25. The van der Waals surface area contributed by atoms with Crippen LogP contribution in [0.5, 0.6) is 0 Å². The van der Waals surface area contributed by atoms with Gasteiger partial charge >= 0.3 is 0 Å². The lowest BCUT2D eigenvalue weighted by Crippen LogP contribution is -2.19. The van der Waals surface area contributed by atoms with Gasteiger partial charge in [0.15, 0.2) is 0 Å². The van der Waals surface area contributed by atoms with Gasteiger partial charge in [0.2, 0.25) is 0 Å². The molecule has 17 heavy (non-hydrogen) atoms. The van der Waals surface area contributed by atoms with E-state index in [0.29, 0.717) is 0 Å². The van der Waals surface area contributed by atoms with Gasteiger partial charge in [-0.05, 0) is 38.9 Å². The van der Waals surface area contributed by atoms with Crippen molar-refractivity contribution < 1.29 is 4.74 Å². The van der Waals surface area contributed by atoms with E-state index in [2.05, 4.69) is 36.5 Å². The SMILES string of the molecule is CCOCCCNCCSc1ccc(C)cc1. The van der Waals surface area contributed by atoms with Crippen molar-refractivity contribution in [1.82, 2.24) is 5.32 Å². The molecule has 0 saturated heterocycles. The minimum Gasteiger partial charge on any atom is -0.382 e. The molecule has 0 unspecified atom stereocenters. The number of aryl methyl sites for hydroxylation is 1. The van der Waals surface area contributed by atoms with Crippen LogP contribution >= 0.6 is 11.8 Å². The van der Waals surface area contributed by atoms with E-state index >= 15 is 0 Å². The molecule has 0 aliphatic heterocycles. The van der Waals surface area contributed by atoms with E-state index < -0.39 is 0 Å². The third-order valence-electron chi connectivity index (χ3n) is 2.41. The summed E-state index contributed by atoms with van der Waals surface area (Å²) in [5.41, 5.74) is 1.32. The zero-order valence-electron chi connectivity index (χ0n) is 10.9. The summed E-state index contributed by atoms with van der Waals surface area (Å²) in [6, 6.07) is 8.71. The normalized spacial score (nSPS) is 10.7. The van der Waals surface area contributed by atoms with E-state index in [1.807, 2.05) is 18.7 Å². The third kappa shape index (κ3) is 7.42. The maximum absolute atomic E-state index is 5.28. The summed E-state index contributed by atoms with van der Waals surface area (Å²) in [7, 11) is 0. The van der Waals surface area contributed by atoms with Crippen LogP contribution in [0.4, 0.5) is 0 Å². The van der Waals surface area contributed by atoms with Crippen molar-refractivity contribution in [2.75, 3.05) is 32.1 Å². The van der Waals surface area contributed by atoms with E-state index in [9.17, 15) is 0 Å². The second-order valence-corrected chi connectivity index (χ2v) is 5.13. The number of hydrogen-bond donors (Lipinski definition) is 1. The molecule has 1 rings (SSSR count). The van der Waals surface area contributed by atoms with Gasteiger partial charge in [0, 0.05) is 30.4 Å². The van der Waals surface area contributed by atoms with E-state index in [4.69, 9.17) is 4.74 Å². The standard InChI is InChI=1S/C14H23NOS/c1-3-16-11-4-9-15-10-12-17-14-7-5-13(2)6-8-14/h5-8,15H,3-4,9-12H2,1-2H3. The molecule has 0 fully saturated rings. The summed E-state index contributed by atoms with van der Waals surface area (Å²) in [6.45, 7) is 7.96. The molecule has 0 aromatic heterocycles. The Balaban J connectivity index is 1.95. The predicted molar refractivity (Wildman–Crippen MR) is 75.9 cm³/mol. The zero-order chi connectivity index (χ0) is 12.3. The molecule has 0 amide bonds. The first-order valence-electron chi connectivity index (χ1n) is 6.31. The molecular weight excluding hydrogens is 230 g/mol. The Morgan fingerprint density at radius 1 is 1.18 bits per heavy atom. The van der Waals surface area contributed by atoms with Crippen molar-refractivity contribution in [3.63, 3.8) is 0 Å². The average Bonchev–Trinajstić information content (AvgIpc) is 2.35. The van der Waals surface area contributed by atoms with Gasteiger partial charge in [-0.3, -0.25) is 0 Å². The fourth-order valence-electron chi connectivity index (χ4n) is 1.44. The minimum absolute atomic E-state index is 0.823. The Bertz CT molecular complexity index is 287. The van der Waals surface area contributed by atoms with Crippen LogP contribution in [-0.4, -0.2) is 32.1 Å². The smallest absolute Gasteiger partial charge is 0.0477 e. The minimum atomic E-state index is 0.823. The van der Waals surface area contributed by atoms with Gasteiger partial charge in [0.25, 0.3) is 0 Å². The third-order valence-corrected chi connectivity index (χ3v) is 3.43. The molecule has 1 aromatic rings. The Hall–Kier alpha value is -0.510. The first-order chi connectivity index (χ1) is 8.33. The molecule has 0 saturated carbocycles. The summed E-state index contributed by atoms with van der Waals surface area (Å²) < 4.78 is 5.28. The lowest BCUT2D eigenvalue weighted by atomic mass is 10.2. The largest absolute Gasteiger partial charge is 0.382 e. The van der Waals surface area contributed by atoms with E-state index in [1.54, 1.807) is 0 Å². The number of hydrogen-bond acceptors (Lipinski definition) is 3. The molecule has 0 spiro atoms. The monoisotopic (exact) mass is 253 g/mol. The van der Waals surface area contributed by atoms with Crippen molar-refractivity contribution in [3.05, 3.63) is 29.8 Å². The van der Waals surface area contributed by atoms with Crippen molar-refractivity contribution in [2.24, 2.45) is 0 Å². The molecular formula is C14H23NOS. The molecule has 96 valence electrons. The van der Waals surface area contributed by atoms with Crippen molar-refractivity contribution in [2.45, 2.75) is 25.2 Å². The van der Waals surface area contributed by atoms with Crippen LogP contribution in [0.1, 0.15) is 18.9 Å². The highest BCUT2D eigenvalue weighted by molar-refractivity contribution is 7.99. The molecule has 2 nitrogen and oxygen atoms in total. The van der Waals surface area contributed by atoms with Gasteiger partial charge in [0.05, 0.1) is 0 Å².